The molecular weight excluding hydrogens is 368 g/mol. The van der Waals surface area contributed by atoms with E-state index in [1.54, 1.807) is 25.2 Å². The Kier molecular flexibility index (Phi) is 7.59. The summed E-state index contributed by atoms with van der Waals surface area (Å²) in [6.07, 6.45) is 6.44. The smallest absolute Gasteiger partial charge is 0.106 e. The van der Waals surface area contributed by atoms with Gasteiger partial charge in [0, 0.05) is 26.7 Å². The fourth-order valence-electron chi connectivity index (χ4n) is 2.12. The molecule has 0 aliphatic heterocycles. The first-order valence-corrected chi connectivity index (χ1v) is 11.4. The van der Waals surface area contributed by atoms with Crippen molar-refractivity contribution in [1.29, 1.82) is 0 Å². The van der Waals surface area contributed by atoms with Gasteiger partial charge in [-0.05, 0) is 64.8 Å². The third-order valence-electron chi connectivity index (χ3n) is 4.57. The number of unbranched alkanes of at least 4 members (excludes halogenated alkanes) is 3. The van der Waals surface area contributed by atoms with E-state index in [4.69, 9.17) is 4.18 Å². The van der Waals surface area contributed by atoms with Gasteiger partial charge in [0.15, 0.2) is 0 Å². The summed E-state index contributed by atoms with van der Waals surface area (Å²) in [6, 6.07) is 8.78. The van der Waals surface area contributed by atoms with E-state index in [2.05, 4.69) is 31.2 Å². The van der Waals surface area contributed by atoms with Gasteiger partial charge in [-0.1, -0.05) is 26.2 Å². The highest BCUT2D eigenvalue weighted by atomic mass is 32.2. The van der Waals surface area contributed by atoms with Gasteiger partial charge >= 0.3 is 0 Å². The van der Waals surface area contributed by atoms with Gasteiger partial charge in [0.25, 0.3) is 0 Å². The summed E-state index contributed by atoms with van der Waals surface area (Å²) in [5.41, 5.74) is -1.50. The van der Waals surface area contributed by atoms with Gasteiger partial charge in [0.2, 0.25) is 0 Å². The lowest BCUT2D eigenvalue weighted by Crippen LogP contribution is -2.45. The molecule has 2 aromatic rings. The van der Waals surface area contributed by atoms with Crippen LogP contribution in [0.5, 0.6) is 0 Å². The first-order valence-electron chi connectivity index (χ1n) is 9.00. The number of aryl methyl sites for hydroxylation is 1. The molecule has 0 unspecified atom stereocenters. The first kappa shape index (κ1) is 21.0. The van der Waals surface area contributed by atoms with Crippen LogP contribution in [0, 0.1) is 0 Å². The summed E-state index contributed by atoms with van der Waals surface area (Å²) in [7, 11) is 0. The fourth-order valence-corrected chi connectivity index (χ4v) is 5.12. The van der Waals surface area contributed by atoms with Crippen LogP contribution in [-0.4, -0.2) is 16.3 Å². The topological polar surface area (TPSA) is 29.5 Å². The molecule has 2 nitrogen and oxygen atoms in total. The Morgan fingerprint density at radius 1 is 0.960 bits per heavy atom. The zero-order chi connectivity index (χ0) is 18.5. The third kappa shape index (κ3) is 6.10. The maximum absolute atomic E-state index is 10.2. The number of rotatable bonds is 10. The highest BCUT2D eigenvalue weighted by Crippen LogP contribution is 2.40. The molecule has 0 saturated carbocycles. The van der Waals surface area contributed by atoms with Crippen LogP contribution >= 0.6 is 34.7 Å². The summed E-state index contributed by atoms with van der Waals surface area (Å²) in [5.74, 6) is 0. The Balaban J connectivity index is 1.92. The Hall–Kier alpha value is -0.330. The molecule has 1 N–H and O–H groups in total. The molecule has 0 bridgehead atoms. The van der Waals surface area contributed by atoms with E-state index in [9.17, 15) is 5.11 Å². The zero-order valence-electron chi connectivity index (χ0n) is 15.9. The number of aliphatic hydroxyl groups is 1. The summed E-state index contributed by atoms with van der Waals surface area (Å²) >= 11 is 5.01. The lowest BCUT2D eigenvalue weighted by atomic mass is 9.90. The van der Waals surface area contributed by atoms with Crippen LogP contribution in [0.1, 0.15) is 65.2 Å². The highest BCUT2D eigenvalue weighted by Gasteiger charge is 2.37. The van der Waals surface area contributed by atoms with Crippen LogP contribution in [-0.2, 0) is 10.6 Å². The van der Waals surface area contributed by atoms with Crippen LogP contribution in [0.2, 0.25) is 0 Å². The van der Waals surface area contributed by atoms with E-state index in [0.717, 1.165) is 4.21 Å². The molecule has 0 aromatic carbocycles. The third-order valence-corrected chi connectivity index (χ3v) is 8.04. The van der Waals surface area contributed by atoms with Crippen LogP contribution in [0.4, 0.5) is 0 Å². The molecule has 25 heavy (non-hydrogen) atoms. The Morgan fingerprint density at radius 3 is 2.32 bits per heavy atom. The van der Waals surface area contributed by atoms with E-state index >= 15 is 0 Å². The normalized spacial score (nSPS) is 12.7. The number of hydrogen-bond acceptors (Lipinski definition) is 5. The minimum atomic E-state index is -0.888. The number of hydrogen-bond donors (Lipinski definition) is 1. The predicted octanol–water partition coefficient (Wildman–Crippen LogP) is 7.17. The van der Waals surface area contributed by atoms with Crippen LogP contribution in [0.15, 0.2) is 28.5 Å². The SMILES string of the molecule is CCCCCCc1ccc(-c2ccc(SOC(C)(C)C(C)(C)O)s2)s1. The summed E-state index contributed by atoms with van der Waals surface area (Å²) in [5, 5.41) is 10.2. The fraction of sp³-hybridized carbons (Fsp3) is 0.600. The second-order valence-corrected chi connectivity index (χ2v) is 10.7. The highest BCUT2D eigenvalue weighted by molar-refractivity contribution is 7.96. The molecule has 0 aliphatic carbocycles. The maximum atomic E-state index is 10.2. The van der Waals surface area contributed by atoms with Gasteiger partial charge in [0.05, 0.1) is 9.81 Å². The van der Waals surface area contributed by atoms with Crippen molar-refractivity contribution >= 4 is 34.7 Å². The van der Waals surface area contributed by atoms with Crippen molar-refractivity contribution < 1.29 is 9.29 Å². The molecule has 2 rings (SSSR count). The molecule has 5 heteroatoms. The van der Waals surface area contributed by atoms with Gasteiger partial charge in [-0.25, -0.2) is 0 Å². The summed E-state index contributed by atoms with van der Waals surface area (Å²) < 4.78 is 7.01. The van der Waals surface area contributed by atoms with Crippen molar-refractivity contribution in [2.24, 2.45) is 0 Å². The Bertz CT molecular complexity index is 650. The molecule has 0 aliphatic rings. The first-order chi connectivity index (χ1) is 11.7. The van der Waals surface area contributed by atoms with Gasteiger partial charge in [0.1, 0.15) is 5.60 Å². The summed E-state index contributed by atoms with van der Waals surface area (Å²) in [6.45, 7) is 9.64. The van der Waals surface area contributed by atoms with Gasteiger partial charge < -0.3 is 9.29 Å². The molecule has 0 atom stereocenters. The molecule has 0 radical (unpaired) electrons. The van der Waals surface area contributed by atoms with Crippen molar-refractivity contribution in [2.75, 3.05) is 0 Å². The van der Waals surface area contributed by atoms with Crippen LogP contribution in [0.25, 0.3) is 9.75 Å². The van der Waals surface area contributed by atoms with E-state index in [0.29, 0.717) is 0 Å². The van der Waals surface area contributed by atoms with E-state index in [1.165, 1.54) is 58.8 Å². The van der Waals surface area contributed by atoms with E-state index in [-0.39, 0.29) is 0 Å². The van der Waals surface area contributed by atoms with Crippen molar-refractivity contribution in [3.63, 3.8) is 0 Å². The second-order valence-electron chi connectivity index (χ2n) is 7.43. The molecule has 0 spiro atoms. The Morgan fingerprint density at radius 2 is 1.64 bits per heavy atom. The van der Waals surface area contributed by atoms with Crippen LogP contribution in [0.3, 0.4) is 0 Å². The monoisotopic (exact) mass is 398 g/mol. The largest absolute Gasteiger partial charge is 0.387 e. The lowest BCUT2D eigenvalue weighted by molar-refractivity contribution is -0.0813. The van der Waals surface area contributed by atoms with Gasteiger partial charge in [-0.3, -0.25) is 0 Å². The molecule has 0 saturated heterocycles. The van der Waals surface area contributed by atoms with E-state index < -0.39 is 11.2 Å². The zero-order valence-corrected chi connectivity index (χ0v) is 18.4. The quantitative estimate of drug-likeness (QED) is 0.340. The molecule has 140 valence electrons. The average molecular weight is 399 g/mol. The molecule has 0 amide bonds. The molecule has 2 aromatic heterocycles. The summed E-state index contributed by atoms with van der Waals surface area (Å²) in [4.78, 5) is 4.11. The number of thiophene rings is 2. The van der Waals surface area contributed by atoms with Crippen molar-refractivity contribution in [3.8, 4) is 9.75 Å². The average Bonchev–Trinajstić information content (AvgIpc) is 3.17. The lowest BCUT2D eigenvalue weighted by Gasteiger charge is -2.35. The molecule has 0 fully saturated rings. The minimum absolute atomic E-state index is 0.615. The van der Waals surface area contributed by atoms with Crippen molar-refractivity contribution in [3.05, 3.63) is 29.1 Å². The van der Waals surface area contributed by atoms with Gasteiger partial charge in [-0.15, -0.1) is 22.7 Å². The minimum Gasteiger partial charge on any atom is -0.387 e. The maximum Gasteiger partial charge on any atom is 0.106 e. The van der Waals surface area contributed by atoms with E-state index in [1.807, 2.05) is 25.2 Å². The van der Waals surface area contributed by atoms with Crippen molar-refractivity contribution in [1.82, 2.24) is 0 Å². The molecule has 2 heterocycles. The second kappa shape index (κ2) is 9.05. The predicted molar refractivity (Wildman–Crippen MR) is 113 cm³/mol. The molecular formula is C20H30O2S3. The van der Waals surface area contributed by atoms with Crippen molar-refractivity contribution in [2.45, 2.75) is 82.1 Å². The van der Waals surface area contributed by atoms with Crippen LogP contribution < -0.4 is 0 Å². The van der Waals surface area contributed by atoms with Gasteiger partial charge in [-0.2, -0.15) is 0 Å². The Labute approximate surface area is 164 Å². The standard InChI is InChI=1S/C20H30O2S3/c1-6-7-8-9-10-15-11-12-16(23-15)17-13-14-18(24-17)25-22-20(4,5)19(2,3)21/h11-14,21H,6-10H2,1-5H3.